The Balaban J connectivity index is 1.78. The molecule has 0 aliphatic heterocycles. The average molecular weight is 438 g/mol. The van der Waals surface area contributed by atoms with Crippen molar-refractivity contribution in [3.8, 4) is 5.75 Å². The van der Waals surface area contributed by atoms with Gasteiger partial charge in [-0.1, -0.05) is 43.0 Å². The van der Waals surface area contributed by atoms with Gasteiger partial charge in [-0.05, 0) is 43.2 Å². The first-order valence-electron chi connectivity index (χ1n) is 9.42. The monoisotopic (exact) mass is 437 g/mol. The minimum atomic E-state index is -3.91. The van der Waals surface area contributed by atoms with E-state index in [1.807, 2.05) is 0 Å². The van der Waals surface area contributed by atoms with Gasteiger partial charge in [-0.3, -0.25) is 4.72 Å². The van der Waals surface area contributed by atoms with E-state index in [4.69, 9.17) is 16.3 Å². The van der Waals surface area contributed by atoms with Crippen LogP contribution in [-0.4, -0.2) is 27.6 Å². The molecule has 7 nitrogen and oxygen atoms in total. The normalized spacial score (nSPS) is 14.8. The Bertz CT molecular complexity index is 975. The molecular formula is C20H24ClN3O4S. The van der Waals surface area contributed by atoms with Crippen LogP contribution < -0.4 is 20.1 Å². The first-order valence-corrected chi connectivity index (χ1v) is 11.3. The highest BCUT2D eigenvalue weighted by molar-refractivity contribution is 7.92. The molecule has 1 fully saturated rings. The van der Waals surface area contributed by atoms with Crippen LogP contribution in [0.25, 0.3) is 0 Å². The summed E-state index contributed by atoms with van der Waals surface area (Å²) in [5.74, 6) is 0.362. The number of rotatable bonds is 6. The van der Waals surface area contributed by atoms with Crippen LogP contribution in [0.3, 0.4) is 0 Å². The second-order valence-corrected chi connectivity index (χ2v) is 8.97. The van der Waals surface area contributed by atoms with Crippen molar-refractivity contribution in [2.45, 2.75) is 43.0 Å². The molecule has 0 atom stereocenters. The van der Waals surface area contributed by atoms with E-state index < -0.39 is 10.0 Å². The quantitative estimate of drug-likeness (QED) is 0.615. The molecule has 0 heterocycles. The maximum atomic E-state index is 12.8. The van der Waals surface area contributed by atoms with Gasteiger partial charge in [0.05, 0.1) is 28.4 Å². The Morgan fingerprint density at radius 1 is 1.07 bits per heavy atom. The van der Waals surface area contributed by atoms with Crippen molar-refractivity contribution in [3.05, 3.63) is 47.5 Å². The molecule has 9 heteroatoms. The molecule has 2 aromatic carbocycles. The zero-order valence-corrected chi connectivity index (χ0v) is 17.6. The van der Waals surface area contributed by atoms with E-state index in [1.165, 1.54) is 31.7 Å². The topological polar surface area (TPSA) is 96.5 Å². The lowest BCUT2D eigenvalue weighted by Crippen LogP contribution is -2.39. The first-order chi connectivity index (χ1) is 13.9. The molecule has 1 aliphatic carbocycles. The highest BCUT2D eigenvalue weighted by Gasteiger charge is 2.20. The maximum Gasteiger partial charge on any atom is 0.319 e. The van der Waals surface area contributed by atoms with E-state index in [0.717, 1.165) is 25.7 Å². The van der Waals surface area contributed by atoms with E-state index in [-0.39, 0.29) is 33.4 Å². The molecule has 2 aromatic rings. The van der Waals surface area contributed by atoms with E-state index in [2.05, 4.69) is 15.4 Å². The fourth-order valence-electron chi connectivity index (χ4n) is 3.29. The molecule has 1 saturated carbocycles. The number of hydrogen-bond acceptors (Lipinski definition) is 4. The second-order valence-electron chi connectivity index (χ2n) is 6.88. The van der Waals surface area contributed by atoms with Crippen molar-refractivity contribution in [1.29, 1.82) is 0 Å². The number of carbonyl (C=O) groups is 1. The highest BCUT2D eigenvalue weighted by Crippen LogP contribution is 2.30. The van der Waals surface area contributed by atoms with Gasteiger partial charge in [-0.2, -0.15) is 0 Å². The summed E-state index contributed by atoms with van der Waals surface area (Å²) >= 11 is 6.05. The maximum absolute atomic E-state index is 12.8. The summed E-state index contributed by atoms with van der Waals surface area (Å²) in [6, 6.07) is 10.6. The van der Waals surface area contributed by atoms with Crippen LogP contribution in [0.1, 0.15) is 32.1 Å². The molecule has 0 bridgehead atoms. The molecule has 0 aromatic heterocycles. The summed E-state index contributed by atoms with van der Waals surface area (Å²) in [5, 5.41) is 5.93. The highest BCUT2D eigenvalue weighted by atomic mass is 35.5. The number of carbonyl (C=O) groups excluding carboxylic acids is 1. The Hall–Kier alpha value is -2.45. The van der Waals surface area contributed by atoms with Crippen molar-refractivity contribution in [1.82, 2.24) is 5.32 Å². The van der Waals surface area contributed by atoms with Crippen LogP contribution in [0.4, 0.5) is 16.2 Å². The number of halogens is 1. The van der Waals surface area contributed by atoms with Gasteiger partial charge in [0, 0.05) is 6.04 Å². The summed E-state index contributed by atoms with van der Waals surface area (Å²) in [6.45, 7) is 0. The summed E-state index contributed by atoms with van der Waals surface area (Å²) in [6.07, 6.45) is 5.26. The molecule has 156 valence electrons. The first kappa shape index (κ1) is 21.3. The van der Waals surface area contributed by atoms with Crippen LogP contribution in [0.15, 0.2) is 47.4 Å². The van der Waals surface area contributed by atoms with Gasteiger partial charge in [0.25, 0.3) is 10.0 Å². The van der Waals surface area contributed by atoms with Crippen molar-refractivity contribution < 1.29 is 17.9 Å². The Morgan fingerprint density at radius 3 is 2.48 bits per heavy atom. The van der Waals surface area contributed by atoms with Gasteiger partial charge in [-0.15, -0.1) is 0 Å². The fraction of sp³-hybridized carbons (Fsp3) is 0.350. The Labute approximate surface area is 175 Å². The van der Waals surface area contributed by atoms with Gasteiger partial charge in [0.1, 0.15) is 5.75 Å². The van der Waals surface area contributed by atoms with E-state index in [9.17, 15) is 13.2 Å². The molecular weight excluding hydrogens is 414 g/mol. The predicted molar refractivity (Wildman–Crippen MR) is 114 cm³/mol. The van der Waals surface area contributed by atoms with Gasteiger partial charge >= 0.3 is 6.03 Å². The van der Waals surface area contributed by atoms with Crippen LogP contribution in [0, 0.1) is 0 Å². The van der Waals surface area contributed by atoms with Crippen LogP contribution in [0.5, 0.6) is 5.75 Å². The molecule has 0 radical (unpaired) electrons. The SMILES string of the molecule is COc1ccc(S(=O)(=O)Nc2ccccc2Cl)cc1NC(=O)NC1CCCCC1. The van der Waals surface area contributed by atoms with Gasteiger partial charge < -0.3 is 15.4 Å². The van der Waals surface area contributed by atoms with E-state index in [1.54, 1.807) is 24.3 Å². The minimum absolute atomic E-state index is 0.0220. The lowest BCUT2D eigenvalue weighted by atomic mass is 9.96. The molecule has 0 spiro atoms. The molecule has 2 amide bonds. The van der Waals surface area contributed by atoms with Crippen molar-refractivity contribution in [2.75, 3.05) is 17.1 Å². The van der Waals surface area contributed by atoms with E-state index >= 15 is 0 Å². The van der Waals surface area contributed by atoms with Gasteiger partial charge in [0.15, 0.2) is 0 Å². The molecule has 3 N–H and O–H groups in total. The van der Waals surface area contributed by atoms with Crippen LogP contribution in [-0.2, 0) is 10.0 Å². The summed E-state index contributed by atoms with van der Waals surface area (Å²) < 4.78 is 33.3. The van der Waals surface area contributed by atoms with E-state index in [0.29, 0.717) is 5.75 Å². The number of para-hydroxylation sites is 1. The summed E-state index contributed by atoms with van der Waals surface area (Å²) in [7, 11) is -2.45. The standard InChI is InChI=1S/C20H24ClN3O4S/c1-28-19-12-11-15(29(26,27)24-17-10-6-5-9-16(17)21)13-18(19)23-20(25)22-14-7-3-2-4-8-14/h5-6,9-14,24H,2-4,7-8H2,1H3,(H2,22,23,25). The molecule has 3 rings (SSSR count). The predicted octanol–water partition coefficient (Wildman–Crippen LogP) is 4.60. The number of sulfonamides is 1. The molecule has 29 heavy (non-hydrogen) atoms. The third kappa shape index (κ3) is 5.55. The second kappa shape index (κ2) is 9.37. The van der Waals surface area contributed by atoms with Gasteiger partial charge in [-0.25, -0.2) is 13.2 Å². The van der Waals surface area contributed by atoms with Gasteiger partial charge in [0.2, 0.25) is 0 Å². The largest absolute Gasteiger partial charge is 0.495 e. The zero-order valence-electron chi connectivity index (χ0n) is 16.1. The number of ether oxygens (including phenoxy) is 1. The van der Waals surface area contributed by atoms with Crippen LogP contribution in [0.2, 0.25) is 5.02 Å². The van der Waals surface area contributed by atoms with Crippen LogP contribution >= 0.6 is 11.6 Å². The van der Waals surface area contributed by atoms with Crippen molar-refractivity contribution in [3.63, 3.8) is 0 Å². The fourth-order valence-corrected chi connectivity index (χ4v) is 4.63. The minimum Gasteiger partial charge on any atom is -0.495 e. The molecule has 0 unspecified atom stereocenters. The lowest BCUT2D eigenvalue weighted by molar-refractivity contribution is 0.244. The Morgan fingerprint density at radius 2 is 1.79 bits per heavy atom. The third-order valence-corrected chi connectivity index (χ3v) is 6.48. The smallest absolute Gasteiger partial charge is 0.319 e. The number of benzene rings is 2. The number of hydrogen-bond donors (Lipinski definition) is 3. The number of anilines is 2. The molecule has 1 aliphatic rings. The number of amides is 2. The molecule has 0 saturated heterocycles. The number of nitrogens with one attached hydrogen (secondary N) is 3. The van der Waals surface area contributed by atoms with Crippen molar-refractivity contribution >= 4 is 39.0 Å². The number of methoxy groups -OCH3 is 1. The third-order valence-electron chi connectivity index (χ3n) is 4.79. The average Bonchev–Trinajstić information content (AvgIpc) is 2.70. The Kier molecular flexibility index (Phi) is 6.87. The zero-order chi connectivity index (χ0) is 20.9. The summed E-state index contributed by atoms with van der Waals surface area (Å²) in [5.41, 5.74) is 0.539. The van der Waals surface area contributed by atoms with Crippen molar-refractivity contribution in [2.24, 2.45) is 0 Å². The summed E-state index contributed by atoms with van der Waals surface area (Å²) in [4.78, 5) is 12.4. The lowest BCUT2D eigenvalue weighted by Gasteiger charge is -2.23. The number of urea groups is 1.